The van der Waals surface area contributed by atoms with Crippen LogP contribution in [0.5, 0.6) is 0 Å². The van der Waals surface area contributed by atoms with Crippen molar-refractivity contribution in [1.82, 2.24) is 10.2 Å². The molecule has 2 saturated heterocycles. The zero-order valence-corrected chi connectivity index (χ0v) is 16.1. The van der Waals surface area contributed by atoms with Crippen LogP contribution in [-0.4, -0.2) is 43.1 Å². The lowest BCUT2D eigenvalue weighted by molar-refractivity contribution is -0.148. The van der Waals surface area contributed by atoms with Crippen molar-refractivity contribution < 1.29 is 27.5 Å². The fourth-order valence-corrected chi connectivity index (χ4v) is 4.97. The molecule has 1 spiro atoms. The van der Waals surface area contributed by atoms with Gasteiger partial charge in [0.25, 0.3) is 0 Å². The summed E-state index contributed by atoms with van der Waals surface area (Å²) in [5.41, 5.74) is 0.408. The summed E-state index contributed by atoms with van der Waals surface area (Å²) in [6, 6.07) is 5.49. The lowest BCUT2D eigenvalue weighted by Gasteiger charge is -2.49. The largest absolute Gasteiger partial charge is 0.450 e. The fraction of sp³-hybridized carbons (Fsp3) is 0.619. The van der Waals surface area contributed by atoms with Crippen LogP contribution in [0.2, 0.25) is 0 Å². The van der Waals surface area contributed by atoms with Crippen molar-refractivity contribution in [3.63, 3.8) is 0 Å². The zero-order chi connectivity index (χ0) is 20.6. The van der Waals surface area contributed by atoms with E-state index < -0.39 is 17.8 Å². The zero-order valence-electron chi connectivity index (χ0n) is 16.1. The third-order valence-electron chi connectivity index (χ3n) is 6.55. The Bertz CT molecular complexity index is 772. The number of carbonyl (C=O) groups excluding carboxylic acids is 2. The number of hydrogen-bond acceptors (Lipinski definition) is 3. The van der Waals surface area contributed by atoms with Gasteiger partial charge in [0, 0.05) is 25.0 Å². The molecule has 3 aliphatic rings. The highest BCUT2D eigenvalue weighted by atomic mass is 19.4. The smallest absolute Gasteiger partial charge is 0.416 e. The van der Waals surface area contributed by atoms with Crippen LogP contribution in [0.25, 0.3) is 0 Å². The van der Waals surface area contributed by atoms with Gasteiger partial charge < -0.3 is 15.0 Å². The van der Waals surface area contributed by atoms with E-state index in [-0.39, 0.29) is 23.2 Å². The molecule has 3 fully saturated rings. The van der Waals surface area contributed by atoms with Crippen molar-refractivity contribution in [2.24, 2.45) is 11.3 Å². The standard InChI is InChI=1S/C21H25F3N2O3/c22-21(23,24)17-5-3-14(4-6-17)15-7-8-20(10-15)12-26(13-20)18(27)16-2-1-9-29-19(28)25-11-16/h3-6,15-16H,1-2,7-13H2,(H,25,28)/t15-,16+/m0/s1. The van der Waals surface area contributed by atoms with Crippen LogP contribution in [0.15, 0.2) is 24.3 Å². The molecule has 158 valence electrons. The van der Waals surface area contributed by atoms with Gasteiger partial charge in [0.15, 0.2) is 0 Å². The quantitative estimate of drug-likeness (QED) is 0.804. The molecule has 0 aromatic heterocycles. The Balaban J connectivity index is 1.32. The van der Waals surface area contributed by atoms with E-state index in [2.05, 4.69) is 5.32 Å². The maximum Gasteiger partial charge on any atom is 0.416 e. The summed E-state index contributed by atoms with van der Waals surface area (Å²) in [5.74, 6) is 0.107. The molecular formula is C21H25F3N2O3. The molecule has 5 nitrogen and oxygen atoms in total. The summed E-state index contributed by atoms with van der Waals surface area (Å²) >= 11 is 0. The SMILES string of the molecule is O=C1NC[C@H](C(=O)N2CC3(CC[C@H](c4ccc(C(F)(F)F)cc4)C3)C2)CCCO1. The third-order valence-corrected chi connectivity index (χ3v) is 6.55. The Morgan fingerprint density at radius 1 is 1.17 bits per heavy atom. The van der Waals surface area contributed by atoms with Gasteiger partial charge in [0.2, 0.25) is 5.91 Å². The van der Waals surface area contributed by atoms with Crippen molar-refractivity contribution in [1.29, 1.82) is 0 Å². The highest BCUT2D eigenvalue weighted by molar-refractivity contribution is 5.81. The van der Waals surface area contributed by atoms with Crippen LogP contribution in [0, 0.1) is 11.3 Å². The van der Waals surface area contributed by atoms with Crippen molar-refractivity contribution in [3.8, 4) is 0 Å². The normalized spacial score (nSPS) is 26.9. The van der Waals surface area contributed by atoms with Crippen LogP contribution in [0.4, 0.5) is 18.0 Å². The topological polar surface area (TPSA) is 58.6 Å². The average molecular weight is 410 g/mol. The molecule has 0 unspecified atom stereocenters. The van der Waals surface area contributed by atoms with E-state index in [9.17, 15) is 22.8 Å². The minimum Gasteiger partial charge on any atom is -0.450 e. The molecule has 2 atom stereocenters. The van der Waals surface area contributed by atoms with Crippen molar-refractivity contribution in [3.05, 3.63) is 35.4 Å². The number of hydrogen-bond donors (Lipinski definition) is 1. The molecule has 2 amide bonds. The molecule has 29 heavy (non-hydrogen) atoms. The lowest BCUT2D eigenvalue weighted by Crippen LogP contribution is -2.59. The number of likely N-dealkylation sites (tertiary alicyclic amines) is 1. The summed E-state index contributed by atoms with van der Waals surface area (Å²) in [6.07, 6.45) is -0.598. The number of carbonyl (C=O) groups is 2. The lowest BCUT2D eigenvalue weighted by atomic mass is 9.76. The number of halogens is 3. The number of alkyl halides is 3. The maximum atomic E-state index is 12.8. The summed E-state index contributed by atoms with van der Waals surface area (Å²) in [6.45, 7) is 2.03. The van der Waals surface area contributed by atoms with E-state index in [1.165, 1.54) is 0 Å². The number of benzene rings is 1. The minimum atomic E-state index is -4.31. The highest BCUT2D eigenvalue weighted by Crippen LogP contribution is 2.52. The molecule has 1 N–H and O–H groups in total. The van der Waals surface area contributed by atoms with Crippen LogP contribution < -0.4 is 5.32 Å². The van der Waals surface area contributed by atoms with Gasteiger partial charge in [0.1, 0.15) is 0 Å². The van der Waals surface area contributed by atoms with Crippen molar-refractivity contribution in [2.45, 2.75) is 44.2 Å². The Morgan fingerprint density at radius 3 is 2.59 bits per heavy atom. The van der Waals surface area contributed by atoms with Gasteiger partial charge in [-0.3, -0.25) is 4.79 Å². The number of rotatable bonds is 2. The Labute approximate surface area is 167 Å². The number of alkyl carbamates (subject to hydrolysis) is 1. The molecule has 1 saturated carbocycles. The summed E-state index contributed by atoms with van der Waals surface area (Å²) < 4.78 is 43.2. The van der Waals surface area contributed by atoms with E-state index in [4.69, 9.17) is 4.74 Å². The molecule has 2 heterocycles. The average Bonchev–Trinajstić information content (AvgIpc) is 3.09. The number of cyclic esters (lactones) is 1. The first kappa shape index (κ1) is 20.0. The first-order chi connectivity index (χ1) is 13.8. The van der Waals surface area contributed by atoms with E-state index in [0.29, 0.717) is 39.1 Å². The van der Waals surface area contributed by atoms with Crippen molar-refractivity contribution in [2.75, 3.05) is 26.2 Å². The van der Waals surface area contributed by atoms with Crippen LogP contribution >= 0.6 is 0 Å². The number of ether oxygens (including phenoxy) is 1. The summed E-state index contributed by atoms with van der Waals surface area (Å²) in [5, 5.41) is 2.63. The second kappa shape index (κ2) is 7.54. The molecular weight excluding hydrogens is 385 g/mol. The van der Waals surface area contributed by atoms with Gasteiger partial charge >= 0.3 is 12.3 Å². The van der Waals surface area contributed by atoms with Gasteiger partial charge in [-0.25, -0.2) is 4.79 Å². The van der Waals surface area contributed by atoms with Crippen LogP contribution in [0.3, 0.4) is 0 Å². The molecule has 1 aromatic rings. The molecule has 1 aromatic carbocycles. The maximum absolute atomic E-state index is 12.8. The van der Waals surface area contributed by atoms with Gasteiger partial charge in [-0.05, 0) is 55.7 Å². The van der Waals surface area contributed by atoms with Crippen LogP contribution in [0.1, 0.15) is 49.1 Å². The van der Waals surface area contributed by atoms with E-state index >= 15 is 0 Å². The monoisotopic (exact) mass is 410 g/mol. The van der Waals surface area contributed by atoms with E-state index in [0.717, 1.165) is 37.0 Å². The van der Waals surface area contributed by atoms with Crippen molar-refractivity contribution >= 4 is 12.0 Å². The second-order valence-electron chi connectivity index (χ2n) is 8.61. The summed E-state index contributed by atoms with van der Waals surface area (Å²) in [7, 11) is 0. The number of nitrogens with zero attached hydrogens (tertiary/aromatic N) is 1. The first-order valence-electron chi connectivity index (χ1n) is 10.1. The molecule has 8 heteroatoms. The number of nitrogens with one attached hydrogen (secondary N) is 1. The van der Waals surface area contributed by atoms with Gasteiger partial charge in [-0.15, -0.1) is 0 Å². The first-order valence-corrected chi connectivity index (χ1v) is 10.1. The van der Waals surface area contributed by atoms with Gasteiger partial charge in [-0.2, -0.15) is 13.2 Å². The predicted octanol–water partition coefficient (Wildman–Crippen LogP) is 3.94. The third kappa shape index (κ3) is 4.21. The molecule has 0 radical (unpaired) electrons. The molecule has 1 aliphatic carbocycles. The number of amides is 2. The summed E-state index contributed by atoms with van der Waals surface area (Å²) in [4.78, 5) is 26.1. The van der Waals surface area contributed by atoms with Gasteiger partial charge in [-0.1, -0.05) is 12.1 Å². The van der Waals surface area contributed by atoms with E-state index in [1.54, 1.807) is 12.1 Å². The molecule has 4 rings (SSSR count). The van der Waals surface area contributed by atoms with Crippen LogP contribution in [-0.2, 0) is 15.7 Å². The van der Waals surface area contributed by atoms with Gasteiger partial charge in [0.05, 0.1) is 18.1 Å². The minimum absolute atomic E-state index is 0.0794. The predicted molar refractivity (Wildman–Crippen MR) is 99.1 cm³/mol. The highest BCUT2D eigenvalue weighted by Gasteiger charge is 2.50. The Hall–Kier alpha value is -2.25. The fourth-order valence-electron chi connectivity index (χ4n) is 4.97. The molecule has 0 bridgehead atoms. The molecule has 2 aliphatic heterocycles. The second-order valence-corrected chi connectivity index (χ2v) is 8.61. The Kier molecular flexibility index (Phi) is 5.21. The van der Waals surface area contributed by atoms with E-state index in [1.807, 2.05) is 4.90 Å². The Morgan fingerprint density at radius 2 is 1.90 bits per heavy atom.